The predicted octanol–water partition coefficient (Wildman–Crippen LogP) is 10.2. The summed E-state index contributed by atoms with van der Waals surface area (Å²) < 4.78 is 107. The lowest BCUT2D eigenvalue weighted by Crippen LogP contribution is -2.35. The van der Waals surface area contributed by atoms with Crippen molar-refractivity contribution >= 4 is 17.6 Å². The molecule has 3 aromatic rings. The Balaban J connectivity index is 1.52. The zero-order valence-corrected chi connectivity index (χ0v) is 26.9. The van der Waals surface area contributed by atoms with Crippen molar-refractivity contribution in [3.05, 3.63) is 99.4 Å². The molecule has 12 heteroatoms. The van der Waals surface area contributed by atoms with Gasteiger partial charge < -0.3 is 9.47 Å². The van der Waals surface area contributed by atoms with Crippen molar-refractivity contribution < 1.29 is 49.8 Å². The van der Waals surface area contributed by atoms with Crippen molar-refractivity contribution in [1.82, 2.24) is 4.90 Å². The Bertz CT molecular complexity index is 1760. The number of methoxy groups -OCH3 is 1. The first-order valence-corrected chi connectivity index (χ1v) is 15.3. The zero-order valence-electron chi connectivity index (χ0n) is 26.9. The van der Waals surface area contributed by atoms with E-state index in [1.165, 1.54) is 31.1 Å². The van der Waals surface area contributed by atoms with E-state index in [0.717, 1.165) is 34.8 Å². The highest BCUT2D eigenvalue weighted by atomic mass is 19.4. The third-order valence-corrected chi connectivity index (χ3v) is 9.13. The Morgan fingerprint density at radius 1 is 0.958 bits per heavy atom. The van der Waals surface area contributed by atoms with Crippen LogP contribution in [0.5, 0.6) is 0 Å². The molecule has 1 aliphatic carbocycles. The summed E-state index contributed by atoms with van der Waals surface area (Å²) >= 11 is 0. The number of esters is 1. The van der Waals surface area contributed by atoms with Gasteiger partial charge in [-0.3, -0.25) is 4.90 Å². The molecule has 1 saturated heterocycles. The number of carbonyl (C=O) groups is 2. The number of hydrogen-bond acceptors (Lipinski definition) is 4. The summed E-state index contributed by atoms with van der Waals surface area (Å²) in [5.41, 5.74) is 0.713. The SMILES string of the molecule is COC(=O)c1ccc(-c2cc(C3=C(CN4C(=O)O[C@H](c5cc(C(F)(F)F)cc(C(F)(F)F)c5)[C@@H]4C)CC(C)(C)CC3)ccc2C)c(F)c1. The molecular formula is C36H34F7NO4. The molecule has 1 amide bonds. The van der Waals surface area contributed by atoms with Crippen LogP contribution in [0.3, 0.4) is 0 Å². The minimum absolute atomic E-state index is 0.0335. The standard InChI is InChI=1S/C36H34F7NO4/c1-19-6-7-21(14-29(19)28-9-8-22(15-30(28)37)32(45)47-5)27-10-11-34(3,4)17-24(27)18-44-20(2)31(48-33(44)46)23-12-25(35(38,39)40)16-26(13-23)36(41,42)43/h6-9,12-16,20,31H,10-11,17-18H2,1-5H3/t20-,31-/m0/s1. The molecule has 2 atom stereocenters. The van der Waals surface area contributed by atoms with E-state index >= 15 is 4.39 Å². The number of allylic oxidation sites excluding steroid dienone is 1. The second-order valence-electron chi connectivity index (χ2n) is 13.2. The van der Waals surface area contributed by atoms with Crippen LogP contribution >= 0.6 is 0 Å². The molecule has 48 heavy (non-hydrogen) atoms. The Morgan fingerprint density at radius 2 is 1.60 bits per heavy atom. The van der Waals surface area contributed by atoms with E-state index in [4.69, 9.17) is 4.74 Å². The third kappa shape index (κ3) is 7.07. The van der Waals surface area contributed by atoms with Gasteiger partial charge in [-0.15, -0.1) is 0 Å². The Hall–Kier alpha value is -4.35. The lowest BCUT2D eigenvalue weighted by Gasteiger charge is -2.35. The van der Waals surface area contributed by atoms with Gasteiger partial charge in [0.05, 0.1) is 29.8 Å². The lowest BCUT2D eigenvalue weighted by atomic mass is 9.72. The zero-order chi connectivity index (χ0) is 35.3. The number of ether oxygens (including phenoxy) is 2. The number of amides is 1. The average molecular weight is 678 g/mol. The maximum absolute atomic E-state index is 15.3. The number of rotatable bonds is 6. The molecular weight excluding hydrogens is 643 g/mol. The monoisotopic (exact) mass is 677 g/mol. The van der Waals surface area contributed by atoms with E-state index in [1.54, 1.807) is 0 Å². The van der Waals surface area contributed by atoms with Crippen LogP contribution < -0.4 is 0 Å². The number of carbonyl (C=O) groups excluding carboxylic acids is 2. The normalized spacial score (nSPS) is 19.8. The molecule has 5 rings (SSSR count). The van der Waals surface area contributed by atoms with Gasteiger partial charge in [0.2, 0.25) is 0 Å². The largest absolute Gasteiger partial charge is 0.465 e. The van der Waals surface area contributed by atoms with E-state index in [2.05, 4.69) is 18.6 Å². The number of aryl methyl sites for hydroxylation is 1. The summed E-state index contributed by atoms with van der Waals surface area (Å²) in [6, 6.07) is 10.0. The number of nitrogens with zero attached hydrogens (tertiary/aromatic N) is 1. The van der Waals surface area contributed by atoms with Gasteiger partial charge in [0.1, 0.15) is 11.9 Å². The van der Waals surface area contributed by atoms with Crippen molar-refractivity contribution in [3.63, 3.8) is 0 Å². The van der Waals surface area contributed by atoms with Crippen LogP contribution in [0.4, 0.5) is 35.5 Å². The number of benzene rings is 3. The van der Waals surface area contributed by atoms with Gasteiger partial charge in [0.15, 0.2) is 0 Å². The quantitative estimate of drug-likeness (QED) is 0.193. The highest BCUT2D eigenvalue weighted by Crippen LogP contribution is 2.46. The van der Waals surface area contributed by atoms with Gasteiger partial charge >= 0.3 is 24.4 Å². The summed E-state index contributed by atoms with van der Waals surface area (Å²) in [6.07, 6.45) is -10.4. The van der Waals surface area contributed by atoms with Gasteiger partial charge in [-0.05, 0) is 108 Å². The van der Waals surface area contributed by atoms with Crippen molar-refractivity contribution in [2.24, 2.45) is 5.41 Å². The predicted molar refractivity (Wildman–Crippen MR) is 164 cm³/mol. The van der Waals surface area contributed by atoms with E-state index < -0.39 is 59.1 Å². The van der Waals surface area contributed by atoms with Crippen molar-refractivity contribution in [2.75, 3.05) is 13.7 Å². The fourth-order valence-electron chi connectivity index (χ4n) is 6.50. The molecule has 256 valence electrons. The van der Waals surface area contributed by atoms with Gasteiger partial charge in [-0.2, -0.15) is 26.3 Å². The van der Waals surface area contributed by atoms with Crippen LogP contribution in [-0.4, -0.2) is 36.7 Å². The van der Waals surface area contributed by atoms with Gasteiger partial charge in [0.25, 0.3) is 0 Å². The molecule has 3 aromatic carbocycles. The van der Waals surface area contributed by atoms with Crippen molar-refractivity contribution in [2.45, 2.75) is 71.5 Å². The second-order valence-corrected chi connectivity index (χ2v) is 13.2. The Kier molecular flexibility index (Phi) is 9.17. The number of alkyl halides is 6. The molecule has 0 N–H and O–H groups in total. The van der Waals surface area contributed by atoms with Crippen LogP contribution in [0.25, 0.3) is 16.7 Å². The van der Waals surface area contributed by atoms with Gasteiger partial charge in [-0.25, -0.2) is 14.0 Å². The second kappa shape index (κ2) is 12.6. The topological polar surface area (TPSA) is 55.8 Å². The average Bonchev–Trinajstić information content (AvgIpc) is 3.28. The highest BCUT2D eigenvalue weighted by Gasteiger charge is 2.44. The molecule has 5 nitrogen and oxygen atoms in total. The molecule has 0 spiro atoms. The maximum Gasteiger partial charge on any atom is 0.416 e. The fourth-order valence-corrected chi connectivity index (χ4v) is 6.50. The minimum Gasteiger partial charge on any atom is -0.465 e. The minimum atomic E-state index is -5.05. The first kappa shape index (κ1) is 35.0. The van der Waals surface area contributed by atoms with Crippen molar-refractivity contribution in [1.29, 1.82) is 0 Å². The van der Waals surface area contributed by atoms with E-state index in [9.17, 15) is 35.9 Å². The Morgan fingerprint density at radius 3 is 2.19 bits per heavy atom. The van der Waals surface area contributed by atoms with Crippen LogP contribution in [0.2, 0.25) is 0 Å². The van der Waals surface area contributed by atoms with Crippen LogP contribution in [-0.2, 0) is 21.8 Å². The molecule has 0 radical (unpaired) electrons. The Labute approximate surface area is 273 Å². The third-order valence-electron chi connectivity index (χ3n) is 9.13. The summed E-state index contributed by atoms with van der Waals surface area (Å²) in [5, 5.41) is 0. The highest BCUT2D eigenvalue weighted by molar-refractivity contribution is 5.90. The summed E-state index contributed by atoms with van der Waals surface area (Å²) in [6.45, 7) is 7.52. The van der Waals surface area contributed by atoms with Crippen LogP contribution in [0.15, 0.2) is 60.2 Å². The molecule has 0 unspecified atom stereocenters. The number of cyclic esters (lactones) is 1. The number of hydrogen-bond donors (Lipinski definition) is 0. The summed E-state index contributed by atoms with van der Waals surface area (Å²) in [4.78, 5) is 26.4. The number of halogens is 7. The van der Waals surface area contributed by atoms with Crippen LogP contribution in [0.1, 0.15) is 84.3 Å². The molecule has 1 aliphatic heterocycles. The van der Waals surface area contributed by atoms with Gasteiger partial charge in [-0.1, -0.05) is 32.0 Å². The molecule has 1 fully saturated rings. The first-order chi connectivity index (χ1) is 22.3. The molecule has 0 saturated carbocycles. The van der Waals surface area contributed by atoms with Crippen molar-refractivity contribution in [3.8, 4) is 11.1 Å². The molecule has 2 aliphatic rings. The summed E-state index contributed by atoms with van der Waals surface area (Å²) in [7, 11) is 1.20. The van der Waals surface area contributed by atoms with Crippen LogP contribution in [0, 0.1) is 18.2 Å². The summed E-state index contributed by atoms with van der Waals surface area (Å²) in [5.74, 6) is -1.28. The van der Waals surface area contributed by atoms with Gasteiger partial charge in [0, 0.05) is 12.1 Å². The molecule has 0 bridgehead atoms. The van der Waals surface area contributed by atoms with E-state index in [-0.39, 0.29) is 29.2 Å². The van der Waals surface area contributed by atoms with E-state index in [0.29, 0.717) is 30.5 Å². The smallest absolute Gasteiger partial charge is 0.416 e. The molecule has 0 aromatic heterocycles. The first-order valence-electron chi connectivity index (χ1n) is 15.3. The molecule has 1 heterocycles. The lowest BCUT2D eigenvalue weighted by molar-refractivity contribution is -0.143. The van der Waals surface area contributed by atoms with E-state index in [1.807, 2.05) is 25.1 Å². The fraction of sp³-hybridized carbons (Fsp3) is 0.389. The maximum atomic E-state index is 15.3.